The number of hydrogen-bond donors (Lipinski definition) is 0. The number of nitriles is 1. The average molecular weight is 223 g/mol. The Labute approximate surface area is 100 Å². The maximum Gasteiger partial charge on any atom is 0.0622 e. The maximum absolute atomic E-state index is 8.46. The minimum Gasteiger partial charge on any atom is -0.306 e. The van der Waals surface area contributed by atoms with E-state index in [1.54, 1.807) is 0 Å². The molecule has 0 atom stereocenters. The molecule has 0 aliphatic carbocycles. The van der Waals surface area contributed by atoms with Crippen LogP contribution in [0, 0.1) is 17.2 Å². The van der Waals surface area contributed by atoms with Gasteiger partial charge in [-0.25, -0.2) is 0 Å². The van der Waals surface area contributed by atoms with E-state index < -0.39 is 0 Å². The van der Waals surface area contributed by atoms with E-state index in [1.165, 1.54) is 38.9 Å². The van der Waals surface area contributed by atoms with Crippen molar-refractivity contribution < 1.29 is 0 Å². The van der Waals surface area contributed by atoms with E-state index in [0.29, 0.717) is 6.42 Å². The van der Waals surface area contributed by atoms with Crippen LogP contribution in [-0.4, -0.2) is 50.1 Å². The zero-order chi connectivity index (χ0) is 11.8. The summed E-state index contributed by atoms with van der Waals surface area (Å²) in [6.45, 7) is 4.80. The highest BCUT2D eigenvalue weighted by Gasteiger charge is 2.16. The summed E-state index contributed by atoms with van der Waals surface area (Å²) in [4.78, 5) is 4.79. The maximum atomic E-state index is 8.46. The first-order valence-electron chi connectivity index (χ1n) is 6.46. The van der Waals surface area contributed by atoms with Gasteiger partial charge in [-0.05, 0) is 71.9 Å². The second-order valence-electron chi connectivity index (χ2n) is 5.10. The Morgan fingerprint density at radius 1 is 1.31 bits per heavy atom. The molecular weight excluding hydrogens is 198 g/mol. The van der Waals surface area contributed by atoms with Crippen LogP contribution in [0.3, 0.4) is 0 Å². The number of hydrogen-bond acceptors (Lipinski definition) is 3. The average Bonchev–Trinajstić information content (AvgIpc) is 2.29. The van der Waals surface area contributed by atoms with Crippen molar-refractivity contribution in [2.75, 3.05) is 40.3 Å². The lowest BCUT2D eigenvalue weighted by molar-refractivity contribution is 0.195. The van der Waals surface area contributed by atoms with Crippen LogP contribution in [0.1, 0.15) is 32.1 Å². The highest BCUT2D eigenvalue weighted by Crippen LogP contribution is 2.19. The lowest BCUT2D eigenvalue weighted by atomic mass is 9.94. The Balaban J connectivity index is 2.03. The summed E-state index contributed by atoms with van der Waals surface area (Å²) in [5.74, 6) is 0.926. The molecule has 1 rings (SSSR count). The van der Waals surface area contributed by atoms with Crippen LogP contribution in [0.15, 0.2) is 0 Å². The van der Waals surface area contributed by atoms with Gasteiger partial charge < -0.3 is 9.80 Å². The monoisotopic (exact) mass is 223 g/mol. The number of rotatable bonds is 6. The molecule has 1 fully saturated rings. The fourth-order valence-electron chi connectivity index (χ4n) is 2.29. The second kappa shape index (κ2) is 7.65. The molecule has 0 N–H and O–H groups in total. The summed E-state index contributed by atoms with van der Waals surface area (Å²) in [5, 5.41) is 8.46. The molecule has 92 valence electrons. The summed E-state index contributed by atoms with van der Waals surface area (Å²) >= 11 is 0. The van der Waals surface area contributed by atoms with Crippen LogP contribution in [-0.2, 0) is 0 Å². The summed E-state index contributed by atoms with van der Waals surface area (Å²) in [6, 6.07) is 2.20. The molecule has 0 saturated carbocycles. The van der Waals surface area contributed by atoms with E-state index in [1.807, 2.05) is 0 Å². The second-order valence-corrected chi connectivity index (χ2v) is 5.10. The first-order chi connectivity index (χ1) is 7.72. The first kappa shape index (κ1) is 13.5. The zero-order valence-corrected chi connectivity index (χ0v) is 10.8. The molecule has 0 bridgehead atoms. The Kier molecular flexibility index (Phi) is 6.44. The van der Waals surface area contributed by atoms with Gasteiger partial charge in [-0.3, -0.25) is 0 Å². The lowest BCUT2D eigenvalue weighted by Gasteiger charge is -2.30. The smallest absolute Gasteiger partial charge is 0.0622 e. The van der Waals surface area contributed by atoms with E-state index in [2.05, 4.69) is 30.0 Å². The molecule has 1 aliphatic heterocycles. The van der Waals surface area contributed by atoms with Crippen LogP contribution >= 0.6 is 0 Å². The van der Waals surface area contributed by atoms with Gasteiger partial charge >= 0.3 is 0 Å². The van der Waals surface area contributed by atoms with Crippen molar-refractivity contribution in [3.63, 3.8) is 0 Å². The Bertz CT molecular complexity index is 214. The molecule has 16 heavy (non-hydrogen) atoms. The minimum atomic E-state index is 0.693. The third kappa shape index (κ3) is 5.48. The van der Waals surface area contributed by atoms with E-state index >= 15 is 0 Å². The van der Waals surface area contributed by atoms with Gasteiger partial charge in [0.1, 0.15) is 0 Å². The molecule has 0 spiro atoms. The third-order valence-corrected chi connectivity index (χ3v) is 3.59. The van der Waals surface area contributed by atoms with Crippen molar-refractivity contribution in [3.8, 4) is 6.07 Å². The molecule has 3 nitrogen and oxygen atoms in total. The van der Waals surface area contributed by atoms with Crippen molar-refractivity contribution in [2.24, 2.45) is 5.92 Å². The van der Waals surface area contributed by atoms with E-state index in [-0.39, 0.29) is 0 Å². The fraction of sp³-hybridized carbons (Fsp3) is 0.923. The first-order valence-corrected chi connectivity index (χ1v) is 6.46. The predicted octanol–water partition coefficient (Wildman–Crippen LogP) is 1.95. The van der Waals surface area contributed by atoms with Crippen LogP contribution in [0.2, 0.25) is 0 Å². The Morgan fingerprint density at radius 2 is 2.00 bits per heavy atom. The van der Waals surface area contributed by atoms with Gasteiger partial charge in [-0.1, -0.05) is 0 Å². The molecule has 1 aliphatic rings. The van der Waals surface area contributed by atoms with Crippen molar-refractivity contribution in [3.05, 3.63) is 0 Å². The van der Waals surface area contributed by atoms with Crippen molar-refractivity contribution in [1.82, 2.24) is 9.80 Å². The SMILES string of the molecule is CN(CCCC#N)CCC1CCN(C)CC1. The highest BCUT2D eigenvalue weighted by atomic mass is 15.1. The molecule has 0 radical (unpaired) electrons. The summed E-state index contributed by atoms with van der Waals surface area (Å²) in [5.41, 5.74) is 0. The summed E-state index contributed by atoms with van der Waals surface area (Å²) in [7, 11) is 4.39. The minimum absolute atomic E-state index is 0.693. The van der Waals surface area contributed by atoms with Crippen LogP contribution in [0.4, 0.5) is 0 Å². The molecular formula is C13H25N3. The molecule has 0 unspecified atom stereocenters. The van der Waals surface area contributed by atoms with Gasteiger partial charge in [-0.15, -0.1) is 0 Å². The van der Waals surface area contributed by atoms with E-state index in [4.69, 9.17) is 5.26 Å². The standard InChI is InChI=1S/C13H25N3/c1-15(9-4-3-8-14)10-5-13-6-11-16(2)12-7-13/h13H,3-7,9-12H2,1-2H3. The number of unbranched alkanes of at least 4 members (excludes halogenated alkanes) is 1. The van der Waals surface area contributed by atoms with Gasteiger partial charge in [0.05, 0.1) is 6.07 Å². The molecule has 0 aromatic heterocycles. The summed E-state index contributed by atoms with van der Waals surface area (Å²) < 4.78 is 0. The van der Waals surface area contributed by atoms with Gasteiger partial charge in [0.15, 0.2) is 0 Å². The highest BCUT2D eigenvalue weighted by molar-refractivity contribution is 4.72. The number of nitrogens with zero attached hydrogens (tertiary/aromatic N) is 3. The number of likely N-dealkylation sites (tertiary alicyclic amines) is 1. The van der Waals surface area contributed by atoms with Crippen molar-refractivity contribution >= 4 is 0 Å². The largest absolute Gasteiger partial charge is 0.306 e. The van der Waals surface area contributed by atoms with E-state index in [0.717, 1.165) is 18.9 Å². The van der Waals surface area contributed by atoms with Gasteiger partial charge in [0.2, 0.25) is 0 Å². The van der Waals surface area contributed by atoms with Gasteiger partial charge in [-0.2, -0.15) is 5.26 Å². The van der Waals surface area contributed by atoms with Gasteiger partial charge in [0.25, 0.3) is 0 Å². The van der Waals surface area contributed by atoms with Crippen LogP contribution in [0.25, 0.3) is 0 Å². The molecule has 0 amide bonds. The normalized spacial score (nSPS) is 18.9. The lowest BCUT2D eigenvalue weighted by Crippen LogP contribution is -2.32. The topological polar surface area (TPSA) is 30.3 Å². The van der Waals surface area contributed by atoms with Gasteiger partial charge in [0, 0.05) is 6.42 Å². The molecule has 1 saturated heterocycles. The Hall–Kier alpha value is -0.590. The molecule has 3 heteroatoms. The predicted molar refractivity (Wildman–Crippen MR) is 67.2 cm³/mol. The molecule has 0 aromatic carbocycles. The van der Waals surface area contributed by atoms with Crippen LogP contribution < -0.4 is 0 Å². The third-order valence-electron chi connectivity index (χ3n) is 3.59. The van der Waals surface area contributed by atoms with E-state index in [9.17, 15) is 0 Å². The zero-order valence-electron chi connectivity index (χ0n) is 10.8. The quantitative estimate of drug-likeness (QED) is 0.645. The van der Waals surface area contributed by atoms with Crippen molar-refractivity contribution in [2.45, 2.75) is 32.1 Å². The number of piperidine rings is 1. The Morgan fingerprint density at radius 3 is 2.62 bits per heavy atom. The summed E-state index contributed by atoms with van der Waals surface area (Å²) in [6.07, 6.45) is 5.76. The fourth-order valence-corrected chi connectivity index (χ4v) is 2.29. The molecule has 1 heterocycles. The van der Waals surface area contributed by atoms with Crippen molar-refractivity contribution in [1.29, 1.82) is 5.26 Å². The van der Waals surface area contributed by atoms with Crippen LogP contribution in [0.5, 0.6) is 0 Å². The molecule has 0 aromatic rings.